The fourth-order valence-electron chi connectivity index (χ4n) is 1.74. The van der Waals surface area contributed by atoms with Gasteiger partial charge in [0.25, 0.3) is 0 Å². The van der Waals surface area contributed by atoms with Crippen molar-refractivity contribution in [2.45, 2.75) is 19.5 Å². The minimum Gasteiger partial charge on any atom is -0.494 e. The molecule has 0 bridgehead atoms. The molecule has 0 saturated heterocycles. The highest BCUT2D eigenvalue weighted by molar-refractivity contribution is 5.84. The third-order valence-corrected chi connectivity index (χ3v) is 2.80. The molecular weight excluding hydrogens is 224 g/mol. The van der Waals surface area contributed by atoms with Crippen molar-refractivity contribution in [3.8, 4) is 18.1 Å². The molecule has 0 aliphatic carbocycles. The van der Waals surface area contributed by atoms with Crippen molar-refractivity contribution < 1.29 is 4.74 Å². The molecule has 0 spiro atoms. The van der Waals surface area contributed by atoms with Crippen LogP contribution in [0.3, 0.4) is 0 Å². The molecule has 0 radical (unpaired) electrons. The van der Waals surface area contributed by atoms with Crippen LogP contribution in [-0.2, 0) is 6.54 Å². The number of ether oxygens (including phenoxy) is 1. The van der Waals surface area contributed by atoms with E-state index in [2.05, 4.69) is 16.2 Å². The molecule has 0 saturated carbocycles. The van der Waals surface area contributed by atoms with Crippen molar-refractivity contribution in [3.63, 3.8) is 0 Å². The van der Waals surface area contributed by atoms with E-state index in [9.17, 15) is 0 Å². The second kappa shape index (κ2) is 5.52. The Kier molecular flexibility index (Phi) is 3.81. The van der Waals surface area contributed by atoms with Gasteiger partial charge >= 0.3 is 0 Å². The number of aromatic nitrogens is 1. The van der Waals surface area contributed by atoms with Crippen molar-refractivity contribution in [1.29, 1.82) is 0 Å². The average Bonchev–Trinajstić information content (AvgIpc) is 2.43. The third kappa shape index (κ3) is 2.61. The molecule has 0 fully saturated rings. The smallest absolute Gasteiger partial charge is 0.145 e. The number of para-hydroxylation sites is 1. The van der Waals surface area contributed by atoms with Gasteiger partial charge in [-0.3, -0.25) is 5.32 Å². The molecule has 2 rings (SSSR count). The van der Waals surface area contributed by atoms with Gasteiger partial charge in [-0.2, -0.15) is 0 Å². The largest absolute Gasteiger partial charge is 0.494 e. The van der Waals surface area contributed by atoms with E-state index in [1.54, 1.807) is 7.11 Å². The minimum atomic E-state index is 0.0418. The predicted molar refractivity (Wildman–Crippen MR) is 73.4 cm³/mol. The van der Waals surface area contributed by atoms with Crippen LogP contribution in [0.4, 0.5) is 0 Å². The molecule has 1 N–H and O–H groups in total. The summed E-state index contributed by atoms with van der Waals surface area (Å²) in [5.41, 5.74) is 1.83. The zero-order valence-electron chi connectivity index (χ0n) is 10.6. The van der Waals surface area contributed by atoms with Gasteiger partial charge in [0.1, 0.15) is 11.3 Å². The Morgan fingerprint density at radius 1 is 1.39 bits per heavy atom. The Balaban J connectivity index is 2.29. The molecule has 3 nitrogen and oxygen atoms in total. The number of nitrogens with one attached hydrogen (secondary N) is 1. The topological polar surface area (TPSA) is 34.1 Å². The molecule has 2 aromatic rings. The Morgan fingerprint density at radius 2 is 2.22 bits per heavy atom. The maximum absolute atomic E-state index is 5.32. The lowest BCUT2D eigenvalue weighted by atomic mass is 10.2. The molecule has 1 unspecified atom stereocenters. The summed E-state index contributed by atoms with van der Waals surface area (Å²) in [4.78, 5) is 4.60. The normalized spacial score (nSPS) is 12.1. The van der Waals surface area contributed by atoms with E-state index in [1.807, 2.05) is 37.3 Å². The number of hydrogen-bond donors (Lipinski definition) is 1. The number of nitrogens with zero attached hydrogens (tertiary/aromatic N) is 1. The van der Waals surface area contributed by atoms with Gasteiger partial charge in [-0.1, -0.05) is 24.1 Å². The van der Waals surface area contributed by atoms with E-state index < -0.39 is 0 Å². The fourth-order valence-corrected chi connectivity index (χ4v) is 1.74. The molecule has 0 aliphatic heterocycles. The molecule has 3 heteroatoms. The van der Waals surface area contributed by atoms with Crippen LogP contribution in [0, 0.1) is 12.3 Å². The van der Waals surface area contributed by atoms with E-state index in [0.29, 0.717) is 6.54 Å². The van der Waals surface area contributed by atoms with Gasteiger partial charge in [0.2, 0.25) is 0 Å². The van der Waals surface area contributed by atoms with Gasteiger partial charge in [-0.05, 0) is 19.1 Å². The third-order valence-electron chi connectivity index (χ3n) is 2.80. The second-order valence-electron chi connectivity index (χ2n) is 4.10. The summed E-state index contributed by atoms with van der Waals surface area (Å²) in [7, 11) is 1.65. The van der Waals surface area contributed by atoms with Crippen LogP contribution < -0.4 is 10.1 Å². The SMILES string of the molecule is C#CC(C)NCc1ccc2cccc(OC)c2n1. The summed E-state index contributed by atoms with van der Waals surface area (Å²) in [5, 5.41) is 4.28. The maximum Gasteiger partial charge on any atom is 0.145 e. The van der Waals surface area contributed by atoms with Crippen molar-refractivity contribution in [1.82, 2.24) is 10.3 Å². The highest BCUT2D eigenvalue weighted by Gasteiger charge is 2.04. The first-order chi connectivity index (χ1) is 8.74. The lowest BCUT2D eigenvalue weighted by Gasteiger charge is -2.09. The van der Waals surface area contributed by atoms with E-state index in [-0.39, 0.29) is 6.04 Å². The number of benzene rings is 1. The predicted octanol–water partition coefficient (Wildman–Crippen LogP) is 2.35. The monoisotopic (exact) mass is 240 g/mol. The average molecular weight is 240 g/mol. The number of pyridine rings is 1. The summed E-state index contributed by atoms with van der Waals surface area (Å²) >= 11 is 0. The molecule has 1 aromatic carbocycles. The highest BCUT2D eigenvalue weighted by atomic mass is 16.5. The summed E-state index contributed by atoms with van der Waals surface area (Å²) < 4.78 is 5.31. The molecule has 0 amide bonds. The lowest BCUT2D eigenvalue weighted by Crippen LogP contribution is -2.23. The first-order valence-corrected chi connectivity index (χ1v) is 5.86. The van der Waals surface area contributed by atoms with Gasteiger partial charge in [0.05, 0.1) is 18.8 Å². The number of hydrogen-bond acceptors (Lipinski definition) is 3. The van der Waals surface area contributed by atoms with Crippen LogP contribution in [-0.4, -0.2) is 18.1 Å². The Morgan fingerprint density at radius 3 is 2.94 bits per heavy atom. The molecule has 1 aromatic heterocycles. The molecule has 18 heavy (non-hydrogen) atoms. The first kappa shape index (κ1) is 12.4. The zero-order valence-corrected chi connectivity index (χ0v) is 10.6. The van der Waals surface area contributed by atoms with Crippen LogP contribution in [0.1, 0.15) is 12.6 Å². The number of fused-ring (bicyclic) bond motifs is 1. The zero-order chi connectivity index (χ0) is 13.0. The van der Waals surface area contributed by atoms with E-state index in [0.717, 1.165) is 22.3 Å². The standard InChI is InChI=1S/C15H16N2O/c1-4-11(2)16-10-13-9-8-12-6-5-7-14(18-3)15(12)17-13/h1,5-9,11,16H,10H2,2-3H3. The highest BCUT2D eigenvalue weighted by Crippen LogP contribution is 2.23. The summed E-state index contributed by atoms with van der Waals surface area (Å²) in [6, 6.07) is 9.98. The van der Waals surface area contributed by atoms with Gasteiger partial charge in [0, 0.05) is 11.9 Å². The minimum absolute atomic E-state index is 0.0418. The quantitative estimate of drug-likeness (QED) is 0.833. The van der Waals surface area contributed by atoms with Crippen LogP contribution >= 0.6 is 0 Å². The number of terminal acetylenes is 1. The van der Waals surface area contributed by atoms with E-state index in [1.165, 1.54) is 0 Å². The molecular formula is C15H16N2O. The van der Waals surface area contributed by atoms with Crippen LogP contribution in [0.2, 0.25) is 0 Å². The van der Waals surface area contributed by atoms with E-state index >= 15 is 0 Å². The Bertz CT molecular complexity index is 587. The van der Waals surface area contributed by atoms with Crippen molar-refractivity contribution >= 4 is 10.9 Å². The van der Waals surface area contributed by atoms with Gasteiger partial charge < -0.3 is 4.74 Å². The number of rotatable bonds is 4. The van der Waals surface area contributed by atoms with Crippen molar-refractivity contribution in [2.75, 3.05) is 7.11 Å². The van der Waals surface area contributed by atoms with E-state index in [4.69, 9.17) is 11.2 Å². The molecule has 1 atom stereocenters. The van der Waals surface area contributed by atoms with Crippen LogP contribution in [0.5, 0.6) is 5.75 Å². The maximum atomic E-state index is 5.32. The fraction of sp³-hybridized carbons (Fsp3) is 0.267. The second-order valence-corrected chi connectivity index (χ2v) is 4.10. The summed E-state index contributed by atoms with van der Waals surface area (Å²) in [5.74, 6) is 3.42. The summed E-state index contributed by atoms with van der Waals surface area (Å²) in [6.45, 7) is 2.60. The number of methoxy groups -OCH3 is 1. The Hall–Kier alpha value is -2.05. The lowest BCUT2D eigenvalue weighted by molar-refractivity contribution is 0.418. The van der Waals surface area contributed by atoms with Gasteiger partial charge in [-0.25, -0.2) is 4.98 Å². The molecule has 92 valence electrons. The van der Waals surface area contributed by atoms with Gasteiger partial charge in [0.15, 0.2) is 0 Å². The summed E-state index contributed by atoms with van der Waals surface area (Å²) in [6.07, 6.45) is 5.32. The molecule has 0 aliphatic rings. The first-order valence-electron chi connectivity index (χ1n) is 5.86. The Labute approximate surface area is 107 Å². The van der Waals surface area contributed by atoms with Crippen molar-refractivity contribution in [2.24, 2.45) is 0 Å². The van der Waals surface area contributed by atoms with Crippen LogP contribution in [0.15, 0.2) is 30.3 Å². The van der Waals surface area contributed by atoms with Crippen molar-refractivity contribution in [3.05, 3.63) is 36.0 Å². The van der Waals surface area contributed by atoms with Gasteiger partial charge in [-0.15, -0.1) is 6.42 Å². The molecule has 1 heterocycles. The van der Waals surface area contributed by atoms with Crippen LogP contribution in [0.25, 0.3) is 10.9 Å².